The van der Waals surface area contributed by atoms with Gasteiger partial charge in [-0.15, -0.1) is 0 Å². The van der Waals surface area contributed by atoms with E-state index in [-0.39, 0.29) is 5.91 Å². The fourth-order valence-corrected chi connectivity index (χ4v) is 3.71. The first-order valence-electron chi connectivity index (χ1n) is 9.72. The number of carbonyl (C=O) groups excluding carboxylic acids is 1. The van der Waals surface area contributed by atoms with Gasteiger partial charge in [0, 0.05) is 43.2 Å². The van der Waals surface area contributed by atoms with Gasteiger partial charge in [0.05, 0.1) is 0 Å². The van der Waals surface area contributed by atoms with Gasteiger partial charge < -0.3 is 10.2 Å². The second-order valence-corrected chi connectivity index (χ2v) is 7.11. The lowest BCUT2D eigenvalue weighted by Gasteiger charge is -2.16. The second kappa shape index (κ2) is 8.76. The van der Waals surface area contributed by atoms with E-state index in [4.69, 9.17) is 0 Å². The van der Waals surface area contributed by atoms with Crippen LogP contribution in [0.2, 0.25) is 0 Å². The first-order chi connectivity index (χ1) is 13.8. The molecule has 0 bridgehead atoms. The summed E-state index contributed by atoms with van der Waals surface area (Å²) in [5.41, 5.74) is 2.89. The minimum absolute atomic E-state index is 0.0587. The Morgan fingerprint density at radius 3 is 2.68 bits per heavy atom. The van der Waals surface area contributed by atoms with Crippen LogP contribution in [0.4, 0.5) is 0 Å². The smallest absolute Gasteiger partial charge is 0.251 e. The summed E-state index contributed by atoms with van der Waals surface area (Å²) in [5.74, 6) is 1.16. The summed E-state index contributed by atoms with van der Waals surface area (Å²) >= 11 is 0. The van der Waals surface area contributed by atoms with Gasteiger partial charge in [-0.2, -0.15) is 0 Å². The molecule has 3 aromatic rings. The minimum atomic E-state index is -0.0587. The van der Waals surface area contributed by atoms with Crippen molar-refractivity contribution in [1.29, 1.82) is 0 Å². The zero-order valence-electron chi connectivity index (χ0n) is 15.8. The summed E-state index contributed by atoms with van der Waals surface area (Å²) < 4.78 is 0. The van der Waals surface area contributed by atoms with Crippen LogP contribution >= 0.6 is 0 Å². The molecule has 5 heteroatoms. The average molecular weight is 372 g/mol. The maximum Gasteiger partial charge on any atom is 0.251 e. The Balaban J connectivity index is 1.28. The molecule has 2 heterocycles. The Kier molecular flexibility index (Phi) is 5.73. The monoisotopic (exact) mass is 372 g/mol. The maximum atomic E-state index is 12.5. The van der Waals surface area contributed by atoms with E-state index in [0.717, 1.165) is 25.2 Å². The highest BCUT2D eigenvalue weighted by molar-refractivity contribution is 5.95. The molecule has 1 fully saturated rings. The fraction of sp³-hybridized carbons (Fsp3) is 0.261. The molecule has 1 aliphatic rings. The average Bonchev–Trinajstić information content (AvgIpc) is 3.24. The lowest BCUT2D eigenvalue weighted by molar-refractivity contribution is 0.0949. The lowest BCUT2D eigenvalue weighted by atomic mass is 9.99. The van der Waals surface area contributed by atoms with E-state index < -0.39 is 0 Å². The first-order valence-corrected chi connectivity index (χ1v) is 9.72. The number of nitrogens with zero attached hydrogens (tertiary/aromatic N) is 3. The van der Waals surface area contributed by atoms with Crippen LogP contribution in [-0.2, 0) is 0 Å². The Labute approximate surface area is 165 Å². The van der Waals surface area contributed by atoms with Crippen molar-refractivity contribution in [3.05, 3.63) is 84.2 Å². The number of carbonyl (C=O) groups is 1. The Hall–Kier alpha value is -3.05. The SMILES string of the molecule is O=C(NCCN1CCC(c2ccccc2)C1)c1cccc(-c2ncccn2)c1. The molecule has 5 nitrogen and oxygen atoms in total. The minimum Gasteiger partial charge on any atom is -0.351 e. The third-order valence-electron chi connectivity index (χ3n) is 5.21. The Morgan fingerprint density at radius 2 is 1.86 bits per heavy atom. The van der Waals surface area contributed by atoms with Crippen LogP contribution in [-0.4, -0.2) is 47.0 Å². The third kappa shape index (κ3) is 4.43. The van der Waals surface area contributed by atoms with Gasteiger partial charge in [-0.1, -0.05) is 42.5 Å². The molecule has 1 unspecified atom stereocenters. The Morgan fingerprint density at radius 1 is 1.04 bits per heavy atom. The van der Waals surface area contributed by atoms with Crippen LogP contribution in [0.25, 0.3) is 11.4 Å². The highest BCUT2D eigenvalue weighted by Gasteiger charge is 2.23. The van der Waals surface area contributed by atoms with E-state index in [1.807, 2.05) is 24.3 Å². The number of likely N-dealkylation sites (tertiary alicyclic amines) is 1. The molecule has 1 aliphatic heterocycles. The summed E-state index contributed by atoms with van der Waals surface area (Å²) in [6, 6.07) is 19.9. The molecule has 28 heavy (non-hydrogen) atoms. The van der Waals surface area contributed by atoms with Crippen LogP contribution in [0.3, 0.4) is 0 Å². The molecule has 1 saturated heterocycles. The number of nitrogens with one attached hydrogen (secondary N) is 1. The molecule has 142 valence electrons. The van der Waals surface area contributed by atoms with Gasteiger partial charge in [0.15, 0.2) is 5.82 Å². The summed E-state index contributed by atoms with van der Waals surface area (Å²) in [6.07, 6.45) is 4.58. The summed E-state index contributed by atoms with van der Waals surface area (Å²) in [4.78, 5) is 23.4. The van der Waals surface area contributed by atoms with Crippen LogP contribution in [0.1, 0.15) is 28.3 Å². The van der Waals surface area contributed by atoms with E-state index in [1.165, 1.54) is 12.0 Å². The van der Waals surface area contributed by atoms with E-state index in [2.05, 4.69) is 50.5 Å². The number of benzene rings is 2. The quantitative estimate of drug-likeness (QED) is 0.721. The molecule has 1 amide bonds. The van der Waals surface area contributed by atoms with Gasteiger partial charge >= 0.3 is 0 Å². The van der Waals surface area contributed by atoms with Crippen molar-refractivity contribution in [2.75, 3.05) is 26.2 Å². The predicted molar refractivity (Wildman–Crippen MR) is 110 cm³/mol. The van der Waals surface area contributed by atoms with Gasteiger partial charge in [-0.3, -0.25) is 4.79 Å². The van der Waals surface area contributed by atoms with Gasteiger partial charge in [0.25, 0.3) is 5.91 Å². The predicted octanol–water partition coefficient (Wildman–Crippen LogP) is 3.36. The molecular weight excluding hydrogens is 348 g/mol. The standard InChI is InChI=1S/C23H24N4O/c28-23(20-9-4-8-19(16-20)22-24-11-5-12-25-22)26-13-15-27-14-10-21(17-27)18-6-2-1-3-7-18/h1-9,11-12,16,21H,10,13-15,17H2,(H,26,28). The molecule has 1 aromatic heterocycles. The third-order valence-corrected chi connectivity index (χ3v) is 5.21. The molecule has 1 N–H and O–H groups in total. The van der Waals surface area contributed by atoms with E-state index >= 15 is 0 Å². The zero-order valence-corrected chi connectivity index (χ0v) is 15.8. The summed E-state index contributed by atoms with van der Waals surface area (Å²) in [7, 11) is 0. The summed E-state index contributed by atoms with van der Waals surface area (Å²) in [6.45, 7) is 3.65. The van der Waals surface area contributed by atoms with Crippen LogP contribution in [0.15, 0.2) is 73.1 Å². The number of hydrogen-bond acceptors (Lipinski definition) is 4. The number of rotatable bonds is 6. The van der Waals surface area contributed by atoms with E-state index in [0.29, 0.717) is 23.9 Å². The largest absolute Gasteiger partial charge is 0.351 e. The molecule has 4 rings (SSSR count). The van der Waals surface area contributed by atoms with Crippen LogP contribution < -0.4 is 5.32 Å². The van der Waals surface area contributed by atoms with Crippen molar-refractivity contribution < 1.29 is 4.79 Å². The number of aromatic nitrogens is 2. The molecule has 0 saturated carbocycles. The molecule has 0 spiro atoms. The van der Waals surface area contributed by atoms with Crippen molar-refractivity contribution in [3.8, 4) is 11.4 Å². The summed E-state index contributed by atoms with van der Waals surface area (Å²) in [5, 5.41) is 3.04. The highest BCUT2D eigenvalue weighted by Crippen LogP contribution is 2.26. The first kappa shape index (κ1) is 18.3. The molecule has 0 radical (unpaired) electrons. The maximum absolute atomic E-state index is 12.5. The van der Waals surface area contributed by atoms with Crippen LogP contribution in [0, 0.1) is 0 Å². The molecule has 1 atom stereocenters. The van der Waals surface area contributed by atoms with Gasteiger partial charge in [-0.05, 0) is 42.6 Å². The highest BCUT2D eigenvalue weighted by atomic mass is 16.1. The second-order valence-electron chi connectivity index (χ2n) is 7.11. The topological polar surface area (TPSA) is 58.1 Å². The normalized spacial score (nSPS) is 16.8. The van der Waals surface area contributed by atoms with Crippen molar-refractivity contribution in [1.82, 2.24) is 20.2 Å². The van der Waals surface area contributed by atoms with Gasteiger partial charge in [0.1, 0.15) is 0 Å². The zero-order chi connectivity index (χ0) is 19.2. The van der Waals surface area contributed by atoms with Gasteiger partial charge in [-0.25, -0.2) is 9.97 Å². The van der Waals surface area contributed by atoms with Gasteiger partial charge in [0.2, 0.25) is 0 Å². The molecule has 2 aromatic carbocycles. The van der Waals surface area contributed by atoms with Crippen molar-refractivity contribution >= 4 is 5.91 Å². The fourth-order valence-electron chi connectivity index (χ4n) is 3.71. The van der Waals surface area contributed by atoms with Crippen molar-refractivity contribution in [3.63, 3.8) is 0 Å². The van der Waals surface area contributed by atoms with Crippen LogP contribution in [0.5, 0.6) is 0 Å². The molecular formula is C23H24N4O. The van der Waals surface area contributed by atoms with E-state index in [9.17, 15) is 4.79 Å². The molecule has 0 aliphatic carbocycles. The Bertz CT molecular complexity index is 914. The van der Waals surface area contributed by atoms with Crippen molar-refractivity contribution in [2.45, 2.75) is 12.3 Å². The van der Waals surface area contributed by atoms with Crippen molar-refractivity contribution in [2.24, 2.45) is 0 Å². The lowest BCUT2D eigenvalue weighted by Crippen LogP contribution is -2.33. The number of hydrogen-bond donors (Lipinski definition) is 1. The number of amides is 1. The van der Waals surface area contributed by atoms with E-state index in [1.54, 1.807) is 18.5 Å².